The number of aromatic nitrogens is 4. The number of anilines is 3. The third-order valence-corrected chi connectivity index (χ3v) is 4.74. The molecule has 3 aromatic heterocycles. The third kappa shape index (κ3) is 3.75. The standard InChI is InChI=1S/C19H22N6O2/c1-25-9-6-12-10-15(23-16-11-20-7-8-21-16)24-18(17(12)19(25)27)22-13-2-4-14(26)5-3-13/h6-11,13-14,26H,2-5H2,1H3,(H2,21,22,23,24)/t13-,14-/i1D3. The van der Waals surface area contributed by atoms with E-state index in [-0.39, 0.29) is 17.5 Å². The quantitative estimate of drug-likeness (QED) is 0.647. The van der Waals surface area contributed by atoms with Gasteiger partial charge in [0, 0.05) is 35.7 Å². The van der Waals surface area contributed by atoms with E-state index < -0.39 is 12.5 Å². The molecule has 4 rings (SSSR count). The first kappa shape index (κ1) is 14.1. The molecule has 27 heavy (non-hydrogen) atoms. The van der Waals surface area contributed by atoms with Gasteiger partial charge >= 0.3 is 0 Å². The minimum absolute atomic E-state index is 0.0247. The van der Waals surface area contributed by atoms with Crippen molar-refractivity contribution in [2.45, 2.75) is 37.8 Å². The van der Waals surface area contributed by atoms with Crippen molar-refractivity contribution in [3.8, 4) is 0 Å². The summed E-state index contributed by atoms with van der Waals surface area (Å²) in [5.74, 6) is 1.25. The Bertz CT molecular complexity index is 1100. The molecule has 0 radical (unpaired) electrons. The number of aliphatic hydroxyl groups excluding tert-OH is 1. The van der Waals surface area contributed by atoms with E-state index in [0.717, 1.165) is 17.4 Å². The maximum atomic E-state index is 13.0. The van der Waals surface area contributed by atoms with Crippen molar-refractivity contribution in [2.75, 3.05) is 10.6 Å². The van der Waals surface area contributed by atoms with Crippen molar-refractivity contribution >= 4 is 28.2 Å². The fourth-order valence-electron chi connectivity index (χ4n) is 3.34. The van der Waals surface area contributed by atoms with Gasteiger partial charge in [-0.05, 0) is 43.2 Å². The molecule has 0 amide bonds. The topological polar surface area (TPSA) is 105 Å². The van der Waals surface area contributed by atoms with E-state index in [1.54, 1.807) is 30.7 Å². The highest BCUT2D eigenvalue weighted by molar-refractivity contribution is 5.93. The first-order valence-corrected chi connectivity index (χ1v) is 8.86. The number of nitrogens with zero attached hydrogens (tertiary/aromatic N) is 4. The second-order valence-electron chi connectivity index (χ2n) is 6.68. The van der Waals surface area contributed by atoms with Crippen molar-refractivity contribution in [1.29, 1.82) is 0 Å². The van der Waals surface area contributed by atoms with Crippen LogP contribution in [0.5, 0.6) is 0 Å². The first-order chi connectivity index (χ1) is 14.3. The van der Waals surface area contributed by atoms with Crippen LogP contribution in [0.3, 0.4) is 0 Å². The fourth-order valence-corrected chi connectivity index (χ4v) is 3.34. The summed E-state index contributed by atoms with van der Waals surface area (Å²) >= 11 is 0. The Labute approximate surface area is 160 Å². The Morgan fingerprint density at radius 3 is 2.85 bits per heavy atom. The predicted molar refractivity (Wildman–Crippen MR) is 104 cm³/mol. The van der Waals surface area contributed by atoms with Crippen LogP contribution in [0.1, 0.15) is 29.8 Å². The first-order valence-electron chi connectivity index (χ1n) is 10.4. The van der Waals surface area contributed by atoms with Gasteiger partial charge in [0.05, 0.1) is 17.7 Å². The maximum Gasteiger partial charge on any atom is 0.261 e. The van der Waals surface area contributed by atoms with Crippen molar-refractivity contribution in [3.05, 3.63) is 47.3 Å². The van der Waals surface area contributed by atoms with Gasteiger partial charge in [-0.15, -0.1) is 0 Å². The second-order valence-corrected chi connectivity index (χ2v) is 6.68. The van der Waals surface area contributed by atoms with Crippen LogP contribution in [0.25, 0.3) is 10.8 Å². The van der Waals surface area contributed by atoms with Gasteiger partial charge in [0.15, 0.2) is 0 Å². The summed E-state index contributed by atoms with van der Waals surface area (Å²) in [6.07, 6.45) is 8.38. The monoisotopic (exact) mass is 369 g/mol. The number of pyridine rings is 2. The molecule has 0 atom stereocenters. The Morgan fingerprint density at radius 2 is 2.11 bits per heavy atom. The van der Waals surface area contributed by atoms with Crippen LogP contribution >= 0.6 is 0 Å². The molecule has 0 aromatic carbocycles. The van der Waals surface area contributed by atoms with Crippen LogP contribution in [0.15, 0.2) is 41.7 Å². The molecule has 8 nitrogen and oxygen atoms in total. The minimum Gasteiger partial charge on any atom is -0.393 e. The highest BCUT2D eigenvalue weighted by Gasteiger charge is 2.21. The summed E-state index contributed by atoms with van der Waals surface area (Å²) in [5.41, 5.74) is -0.635. The summed E-state index contributed by atoms with van der Waals surface area (Å²) in [5, 5.41) is 16.9. The zero-order valence-electron chi connectivity index (χ0n) is 17.6. The molecular weight excluding hydrogens is 344 g/mol. The summed E-state index contributed by atoms with van der Waals surface area (Å²) in [4.78, 5) is 25.7. The largest absolute Gasteiger partial charge is 0.393 e. The van der Waals surface area contributed by atoms with E-state index in [0.29, 0.717) is 35.7 Å². The molecule has 0 spiro atoms. The molecule has 3 heterocycles. The fraction of sp³-hybridized carbons (Fsp3) is 0.368. The minimum atomic E-state index is -2.59. The van der Waals surface area contributed by atoms with E-state index in [1.165, 1.54) is 6.20 Å². The lowest BCUT2D eigenvalue weighted by Crippen LogP contribution is -2.29. The molecule has 1 fully saturated rings. The normalized spacial score (nSPS) is 21.9. The summed E-state index contributed by atoms with van der Waals surface area (Å²) in [6, 6.07) is 3.28. The van der Waals surface area contributed by atoms with Crippen molar-refractivity contribution in [1.82, 2.24) is 19.5 Å². The molecule has 0 unspecified atom stereocenters. The maximum absolute atomic E-state index is 13.0. The molecule has 3 aromatic rings. The van der Waals surface area contributed by atoms with E-state index >= 15 is 0 Å². The average Bonchev–Trinajstić information content (AvgIpc) is 2.69. The van der Waals surface area contributed by atoms with Crippen molar-refractivity contribution < 1.29 is 9.22 Å². The average molecular weight is 369 g/mol. The molecule has 0 bridgehead atoms. The van der Waals surface area contributed by atoms with Gasteiger partial charge in [0.25, 0.3) is 5.56 Å². The van der Waals surface area contributed by atoms with Crippen LogP contribution < -0.4 is 16.2 Å². The number of rotatable bonds is 4. The van der Waals surface area contributed by atoms with Gasteiger partial charge in [0.1, 0.15) is 17.5 Å². The van der Waals surface area contributed by atoms with Gasteiger partial charge in [-0.2, -0.15) is 0 Å². The lowest BCUT2D eigenvalue weighted by molar-refractivity contribution is 0.126. The Balaban J connectivity index is 1.79. The summed E-state index contributed by atoms with van der Waals surface area (Å²) in [7, 11) is 0. The molecular formula is C19H22N6O2. The van der Waals surface area contributed by atoms with Crippen LogP contribution in [0, 0.1) is 0 Å². The highest BCUT2D eigenvalue weighted by Crippen LogP contribution is 2.27. The van der Waals surface area contributed by atoms with Gasteiger partial charge in [-0.1, -0.05) is 0 Å². The molecule has 8 heteroatoms. The summed E-state index contributed by atoms with van der Waals surface area (Å²) < 4.78 is 23.6. The van der Waals surface area contributed by atoms with Crippen molar-refractivity contribution in [2.24, 2.45) is 6.98 Å². The van der Waals surface area contributed by atoms with Crippen LogP contribution in [-0.4, -0.2) is 36.8 Å². The second kappa shape index (κ2) is 7.32. The van der Waals surface area contributed by atoms with Crippen LogP contribution in [0.2, 0.25) is 0 Å². The number of hydrogen-bond acceptors (Lipinski definition) is 7. The Morgan fingerprint density at radius 1 is 1.26 bits per heavy atom. The molecule has 1 aliphatic carbocycles. The molecule has 1 aliphatic rings. The predicted octanol–water partition coefficient (Wildman–Crippen LogP) is 2.18. The Hall–Kier alpha value is -3.00. The molecule has 0 aliphatic heterocycles. The lowest BCUT2D eigenvalue weighted by atomic mass is 9.93. The van der Waals surface area contributed by atoms with E-state index in [1.807, 2.05) is 0 Å². The number of nitrogens with one attached hydrogen (secondary N) is 2. The van der Waals surface area contributed by atoms with E-state index in [2.05, 4.69) is 25.6 Å². The number of hydrogen-bond donors (Lipinski definition) is 3. The number of fused-ring (bicyclic) bond motifs is 1. The third-order valence-electron chi connectivity index (χ3n) is 4.74. The SMILES string of the molecule is [2H]C([2H])([2H])n1ccc2cc(Nc3cnccn3)nc(N[C@H]3CC[C@H](O)CC3)c2c1=O. The molecule has 140 valence electrons. The highest BCUT2D eigenvalue weighted by atomic mass is 16.3. The zero-order valence-corrected chi connectivity index (χ0v) is 14.6. The van der Waals surface area contributed by atoms with Crippen LogP contribution in [-0.2, 0) is 6.98 Å². The molecule has 3 N–H and O–H groups in total. The van der Waals surface area contributed by atoms with Gasteiger partial charge in [-0.25, -0.2) is 9.97 Å². The van der Waals surface area contributed by atoms with Gasteiger partial charge in [0.2, 0.25) is 0 Å². The van der Waals surface area contributed by atoms with E-state index in [4.69, 9.17) is 4.11 Å². The number of aliphatic hydroxyl groups is 1. The van der Waals surface area contributed by atoms with Crippen molar-refractivity contribution in [3.63, 3.8) is 0 Å². The molecule has 1 saturated carbocycles. The van der Waals surface area contributed by atoms with Gasteiger partial charge in [-0.3, -0.25) is 9.78 Å². The van der Waals surface area contributed by atoms with Crippen LogP contribution in [0.4, 0.5) is 17.5 Å². The number of aryl methyl sites for hydroxylation is 1. The van der Waals surface area contributed by atoms with Gasteiger partial charge < -0.3 is 20.3 Å². The zero-order chi connectivity index (χ0) is 21.3. The van der Waals surface area contributed by atoms with E-state index in [9.17, 15) is 9.90 Å². The smallest absolute Gasteiger partial charge is 0.261 e. The lowest BCUT2D eigenvalue weighted by Gasteiger charge is -2.27. The Kier molecular flexibility index (Phi) is 3.82. The summed E-state index contributed by atoms with van der Waals surface area (Å²) in [6.45, 7) is -2.59. The molecule has 0 saturated heterocycles.